The maximum Gasteiger partial charge on any atom is 0.0570 e. The molecule has 0 amide bonds. The van der Waals surface area contributed by atoms with Crippen LogP contribution in [0, 0.1) is 27.7 Å². The number of hydrogen-bond acceptors (Lipinski definition) is 0. The minimum atomic E-state index is 1.21. The van der Waals surface area contributed by atoms with Crippen molar-refractivity contribution in [2.45, 2.75) is 27.7 Å². The fraction of sp³-hybridized carbons (Fsp3) is 0.0526. The molecule has 16 aromatic rings. The average molecular weight is 1030 g/mol. The summed E-state index contributed by atoms with van der Waals surface area (Å²) in [6, 6.07) is 103. The van der Waals surface area contributed by atoms with Crippen molar-refractivity contribution in [1.82, 2.24) is 18.3 Å². The van der Waals surface area contributed by atoms with Crippen LogP contribution in [0.5, 0.6) is 0 Å². The number of aromatic nitrogens is 4. The van der Waals surface area contributed by atoms with E-state index in [0.717, 1.165) is 0 Å². The summed E-state index contributed by atoms with van der Waals surface area (Å²) >= 11 is 0. The second-order valence-electron chi connectivity index (χ2n) is 20.7. The van der Waals surface area contributed by atoms with Gasteiger partial charge in [-0.05, 0) is 141 Å². The van der Waals surface area contributed by atoms with E-state index in [0.29, 0.717) is 0 Å². The van der Waals surface area contributed by atoms with Gasteiger partial charge in [0.1, 0.15) is 0 Å². The van der Waals surface area contributed by atoms with Crippen LogP contribution in [-0.2, 0) is 0 Å². The van der Waals surface area contributed by atoms with Gasteiger partial charge in [-0.25, -0.2) is 0 Å². The molecule has 80 heavy (non-hydrogen) atoms. The minimum absolute atomic E-state index is 1.21. The molecule has 0 spiro atoms. The quantitative estimate of drug-likeness (QED) is 0.167. The van der Waals surface area contributed by atoms with E-state index in [9.17, 15) is 0 Å². The van der Waals surface area contributed by atoms with Gasteiger partial charge >= 0.3 is 0 Å². The first-order valence-electron chi connectivity index (χ1n) is 27.6. The molecular formula is C76H60N4. The molecular weight excluding hydrogens is 969 g/mol. The fourth-order valence-corrected chi connectivity index (χ4v) is 12.0. The molecule has 12 aromatic carbocycles. The van der Waals surface area contributed by atoms with E-state index in [1.54, 1.807) is 0 Å². The summed E-state index contributed by atoms with van der Waals surface area (Å²) in [6.45, 7) is 8.66. The van der Waals surface area contributed by atoms with Crippen LogP contribution in [0.3, 0.4) is 0 Å². The molecule has 4 heterocycles. The van der Waals surface area contributed by atoms with Crippen molar-refractivity contribution in [2.24, 2.45) is 0 Å². The van der Waals surface area contributed by atoms with Gasteiger partial charge < -0.3 is 18.3 Å². The number of benzene rings is 12. The first-order chi connectivity index (χ1) is 39.4. The Morgan fingerprint density at radius 1 is 0.200 bits per heavy atom. The Hall–Kier alpha value is -10.2. The zero-order valence-electron chi connectivity index (χ0n) is 45.5. The van der Waals surface area contributed by atoms with Crippen LogP contribution in [-0.4, -0.2) is 18.3 Å². The maximum atomic E-state index is 2.36. The lowest BCUT2D eigenvalue weighted by Crippen LogP contribution is -1.94. The van der Waals surface area contributed by atoms with Crippen LogP contribution in [0.4, 0.5) is 0 Å². The van der Waals surface area contributed by atoms with Crippen LogP contribution in [0.25, 0.3) is 110 Å². The number of hydrogen-bond donors (Lipinski definition) is 0. The van der Waals surface area contributed by atoms with Crippen LogP contribution >= 0.6 is 0 Å². The number of aryl methyl sites for hydroxylation is 4. The highest BCUT2D eigenvalue weighted by molar-refractivity contribution is 6.13. The molecule has 16 rings (SSSR count). The van der Waals surface area contributed by atoms with E-state index < -0.39 is 0 Å². The molecule has 4 heteroatoms. The molecule has 0 bridgehead atoms. The normalized spacial score (nSPS) is 11.2. The van der Waals surface area contributed by atoms with Gasteiger partial charge in [-0.2, -0.15) is 0 Å². The Labute approximate surface area is 466 Å². The van der Waals surface area contributed by atoms with Gasteiger partial charge in [0.25, 0.3) is 0 Å². The summed E-state index contributed by atoms with van der Waals surface area (Å²) in [5.74, 6) is 0. The predicted molar refractivity (Wildman–Crippen MR) is 342 cm³/mol. The minimum Gasteiger partial charge on any atom is -0.309 e. The van der Waals surface area contributed by atoms with Gasteiger partial charge in [-0.1, -0.05) is 200 Å². The number of rotatable bonds is 4. The van der Waals surface area contributed by atoms with Crippen molar-refractivity contribution >= 4 is 87.2 Å². The molecule has 0 aliphatic heterocycles. The highest BCUT2D eigenvalue weighted by Crippen LogP contribution is 2.37. The van der Waals surface area contributed by atoms with E-state index >= 15 is 0 Å². The van der Waals surface area contributed by atoms with Crippen molar-refractivity contribution in [1.29, 1.82) is 0 Å². The standard InChI is InChI=1S/4C19H15N/c1-14-8-7-12-17-16-11-5-6-13-18(16)20(19(14)17)15-9-3-2-4-10-15;1-14-8-7-13-18-19(14)16-11-5-6-12-17(16)20(18)15-9-3-2-4-10-15;1-14-11-12-19-17(13-14)16-9-5-6-10-18(16)20(19)15-7-3-2-4-8-15;1-14-11-12-17-16-9-5-6-10-18(16)20(19(17)13-14)15-7-3-2-4-8-15/h4*2-13H,1H3. The van der Waals surface area contributed by atoms with Crippen molar-refractivity contribution in [3.63, 3.8) is 0 Å². The molecule has 0 radical (unpaired) electrons. The third-order valence-corrected chi connectivity index (χ3v) is 15.5. The Bertz CT molecular complexity index is 4780. The average Bonchev–Trinajstić information content (AvgIpc) is 4.40. The SMILES string of the molecule is Cc1ccc2c(c1)c1ccccc1n2-c1ccccc1.Cc1ccc2c3ccccc3n(-c3ccccc3)c2c1.Cc1cccc2c1c1ccccc1n2-c1ccccc1.Cc1cccc2c3ccccc3n(-c3ccccc3)c12. The lowest BCUT2D eigenvalue weighted by Gasteiger charge is -2.08. The highest BCUT2D eigenvalue weighted by atomic mass is 15.0. The van der Waals surface area contributed by atoms with Crippen LogP contribution in [0.15, 0.2) is 291 Å². The first kappa shape index (κ1) is 49.4. The third kappa shape index (κ3) is 8.97. The summed E-state index contributed by atoms with van der Waals surface area (Å²) in [7, 11) is 0. The molecule has 0 fully saturated rings. The molecule has 384 valence electrons. The zero-order chi connectivity index (χ0) is 54.1. The third-order valence-electron chi connectivity index (χ3n) is 15.5. The van der Waals surface area contributed by atoms with Crippen molar-refractivity contribution in [2.75, 3.05) is 0 Å². The van der Waals surface area contributed by atoms with Gasteiger partial charge in [-0.15, -0.1) is 0 Å². The van der Waals surface area contributed by atoms with E-state index in [1.165, 1.54) is 132 Å². The number of fused-ring (bicyclic) bond motifs is 12. The summed E-state index contributed by atoms with van der Waals surface area (Å²) < 4.78 is 9.39. The Morgan fingerprint density at radius 2 is 0.537 bits per heavy atom. The van der Waals surface area contributed by atoms with Crippen LogP contribution in [0.1, 0.15) is 22.3 Å². The summed E-state index contributed by atoms with van der Waals surface area (Å²) in [5.41, 5.74) is 20.3. The molecule has 0 atom stereocenters. The summed E-state index contributed by atoms with van der Waals surface area (Å²) in [6.07, 6.45) is 0. The molecule has 0 aliphatic rings. The van der Waals surface area contributed by atoms with E-state index in [4.69, 9.17) is 0 Å². The fourth-order valence-electron chi connectivity index (χ4n) is 12.0. The molecule has 0 saturated heterocycles. The van der Waals surface area contributed by atoms with Gasteiger partial charge in [0, 0.05) is 65.8 Å². The van der Waals surface area contributed by atoms with E-state index in [-0.39, 0.29) is 0 Å². The topological polar surface area (TPSA) is 19.7 Å². The molecule has 0 saturated carbocycles. The van der Waals surface area contributed by atoms with E-state index in [1.807, 2.05) is 0 Å². The Balaban J connectivity index is 0.000000101. The van der Waals surface area contributed by atoms with Crippen LogP contribution < -0.4 is 0 Å². The highest BCUT2D eigenvalue weighted by Gasteiger charge is 2.16. The largest absolute Gasteiger partial charge is 0.309 e. The molecule has 0 unspecified atom stereocenters. The molecule has 4 nitrogen and oxygen atoms in total. The Morgan fingerprint density at radius 3 is 1.10 bits per heavy atom. The van der Waals surface area contributed by atoms with Crippen LogP contribution in [0.2, 0.25) is 0 Å². The smallest absolute Gasteiger partial charge is 0.0570 e. The second-order valence-corrected chi connectivity index (χ2v) is 20.7. The Kier molecular flexibility index (Phi) is 13.2. The van der Waals surface area contributed by atoms with E-state index in [2.05, 4.69) is 337 Å². The molecule has 0 aliphatic carbocycles. The summed E-state index contributed by atoms with van der Waals surface area (Å²) in [5, 5.41) is 10.6. The van der Waals surface area contributed by atoms with Gasteiger partial charge in [0.05, 0.1) is 44.1 Å². The van der Waals surface area contributed by atoms with Crippen molar-refractivity contribution in [3.8, 4) is 22.7 Å². The molecule has 4 aromatic heterocycles. The predicted octanol–water partition coefficient (Wildman–Crippen LogP) is 20.4. The first-order valence-corrected chi connectivity index (χ1v) is 27.6. The zero-order valence-corrected chi connectivity index (χ0v) is 45.5. The lowest BCUT2D eigenvalue weighted by molar-refractivity contribution is 1.17. The maximum absolute atomic E-state index is 2.36. The summed E-state index contributed by atoms with van der Waals surface area (Å²) in [4.78, 5) is 0. The molecule has 0 N–H and O–H groups in total. The monoisotopic (exact) mass is 1030 g/mol. The number of nitrogens with zero attached hydrogens (tertiary/aromatic N) is 4. The van der Waals surface area contributed by atoms with Gasteiger partial charge in [0.15, 0.2) is 0 Å². The van der Waals surface area contributed by atoms with Crippen molar-refractivity contribution < 1.29 is 0 Å². The van der Waals surface area contributed by atoms with Gasteiger partial charge in [0.2, 0.25) is 0 Å². The van der Waals surface area contributed by atoms with Crippen molar-refractivity contribution in [3.05, 3.63) is 313 Å². The second kappa shape index (κ2) is 21.3. The van der Waals surface area contributed by atoms with Gasteiger partial charge in [-0.3, -0.25) is 0 Å². The lowest BCUT2D eigenvalue weighted by atomic mass is 10.1. The number of para-hydroxylation sites is 9.